The number of hydrogen-bond donors (Lipinski definition) is 2. The number of benzene rings is 3. The lowest BCUT2D eigenvalue weighted by Crippen LogP contribution is -2.29. The zero-order valence-corrected chi connectivity index (χ0v) is 14.4. The molecule has 3 aromatic rings. The molecule has 2 N–H and O–H groups in total. The van der Waals surface area contributed by atoms with Crippen LogP contribution < -0.4 is 5.46 Å². The van der Waals surface area contributed by atoms with E-state index in [0.29, 0.717) is 16.7 Å². The molecule has 5 nitrogen and oxygen atoms in total. The van der Waals surface area contributed by atoms with E-state index >= 15 is 0 Å². The monoisotopic (exact) mass is 363 g/mol. The molecule has 26 heavy (non-hydrogen) atoms. The van der Waals surface area contributed by atoms with Crippen LogP contribution in [-0.2, 0) is 9.84 Å². The van der Waals surface area contributed by atoms with E-state index in [9.17, 15) is 18.5 Å². The largest absolute Gasteiger partial charge is 0.488 e. The lowest BCUT2D eigenvalue weighted by atomic mass is 9.79. The fourth-order valence-electron chi connectivity index (χ4n) is 2.95. The summed E-state index contributed by atoms with van der Waals surface area (Å²) in [5.41, 5.74) is 3.01. The average molecular weight is 363 g/mol. The molecule has 128 valence electrons. The number of rotatable bonds is 3. The third-order valence-electron chi connectivity index (χ3n) is 4.28. The number of sulfone groups is 1. The lowest BCUT2D eigenvalue weighted by molar-refractivity contribution is 0.426. The van der Waals surface area contributed by atoms with E-state index in [1.165, 1.54) is 0 Å². The van der Waals surface area contributed by atoms with Crippen molar-refractivity contribution in [1.29, 1.82) is 0 Å². The molecule has 1 aliphatic heterocycles. The minimum absolute atomic E-state index is 0.0461. The van der Waals surface area contributed by atoms with E-state index in [4.69, 9.17) is 0 Å². The summed E-state index contributed by atoms with van der Waals surface area (Å²) in [5, 5.41) is 18.6. The topological polar surface area (TPSA) is 87.0 Å². The number of aliphatic imine (C=N–C) groups is 1. The molecule has 3 aromatic carbocycles. The summed E-state index contributed by atoms with van der Waals surface area (Å²) in [6, 6.07) is 20.6. The van der Waals surface area contributed by atoms with Crippen LogP contribution in [-0.4, -0.2) is 30.6 Å². The van der Waals surface area contributed by atoms with Crippen molar-refractivity contribution in [2.24, 2.45) is 4.99 Å². The van der Waals surface area contributed by atoms with E-state index in [0.717, 1.165) is 11.1 Å². The highest BCUT2D eigenvalue weighted by Gasteiger charge is 2.32. The summed E-state index contributed by atoms with van der Waals surface area (Å²) >= 11 is 0. The smallest absolute Gasteiger partial charge is 0.423 e. The van der Waals surface area contributed by atoms with Crippen LogP contribution >= 0.6 is 0 Å². The first kappa shape index (κ1) is 16.7. The molecule has 0 amide bonds. The third-order valence-corrected chi connectivity index (χ3v) is 6.04. The molecule has 1 heterocycles. The molecular weight excluding hydrogens is 349 g/mol. The van der Waals surface area contributed by atoms with Gasteiger partial charge in [0.2, 0.25) is 9.84 Å². The fourth-order valence-corrected chi connectivity index (χ4v) is 4.47. The van der Waals surface area contributed by atoms with Gasteiger partial charge < -0.3 is 10.0 Å². The minimum atomic E-state index is -3.61. The van der Waals surface area contributed by atoms with Gasteiger partial charge in [-0.1, -0.05) is 60.7 Å². The summed E-state index contributed by atoms with van der Waals surface area (Å²) in [4.78, 5) is 4.50. The van der Waals surface area contributed by atoms with Crippen LogP contribution in [0.5, 0.6) is 0 Å². The number of fused-ring (bicyclic) bond motifs is 1. The first-order valence-corrected chi connectivity index (χ1v) is 9.45. The molecule has 0 aromatic heterocycles. The first-order valence-electron chi connectivity index (χ1n) is 7.96. The predicted molar refractivity (Wildman–Crippen MR) is 102 cm³/mol. The van der Waals surface area contributed by atoms with Crippen LogP contribution in [0, 0.1) is 0 Å². The molecule has 4 rings (SSSR count). The third kappa shape index (κ3) is 2.76. The molecule has 0 saturated heterocycles. The second-order valence-corrected chi connectivity index (χ2v) is 7.80. The molecule has 0 bridgehead atoms. The Morgan fingerprint density at radius 2 is 1.46 bits per heavy atom. The minimum Gasteiger partial charge on any atom is -0.423 e. The van der Waals surface area contributed by atoms with Crippen molar-refractivity contribution in [2.45, 2.75) is 4.90 Å². The van der Waals surface area contributed by atoms with E-state index < -0.39 is 17.0 Å². The Kier molecular flexibility index (Phi) is 3.99. The van der Waals surface area contributed by atoms with Gasteiger partial charge in [0.25, 0.3) is 0 Å². The highest BCUT2D eigenvalue weighted by Crippen LogP contribution is 2.35. The molecule has 0 spiro atoms. The van der Waals surface area contributed by atoms with Gasteiger partial charge in [0, 0.05) is 5.56 Å². The molecule has 1 aliphatic rings. The Hall–Kier alpha value is -2.74. The van der Waals surface area contributed by atoms with Crippen molar-refractivity contribution in [3.05, 3.63) is 78.4 Å². The Balaban J connectivity index is 1.71. The van der Waals surface area contributed by atoms with Gasteiger partial charge in [-0.2, -0.15) is 0 Å². The number of nitrogens with zero attached hydrogens (tertiary/aromatic N) is 1. The molecule has 0 atom stereocenters. The standard InChI is InChI=1S/C19H14BNO4S/c22-20(23)16-5-3-4-15(12-16)13-8-10-14(11-9-13)19-21-17-6-1-2-7-18(17)26(19,24)25/h1-12,22-23H. The van der Waals surface area contributed by atoms with Gasteiger partial charge in [0.15, 0.2) is 5.04 Å². The summed E-state index contributed by atoms with van der Waals surface area (Å²) in [7, 11) is -5.15. The quantitative estimate of drug-likeness (QED) is 0.696. The van der Waals surface area contributed by atoms with Crippen molar-refractivity contribution >= 4 is 33.1 Å². The van der Waals surface area contributed by atoms with Gasteiger partial charge >= 0.3 is 7.12 Å². The maximum Gasteiger partial charge on any atom is 0.488 e. The lowest BCUT2D eigenvalue weighted by Gasteiger charge is -2.07. The van der Waals surface area contributed by atoms with Gasteiger partial charge in [0.05, 0.1) is 10.6 Å². The highest BCUT2D eigenvalue weighted by molar-refractivity contribution is 8.07. The van der Waals surface area contributed by atoms with Crippen molar-refractivity contribution in [3.63, 3.8) is 0 Å². The van der Waals surface area contributed by atoms with E-state index in [-0.39, 0.29) is 9.94 Å². The van der Waals surface area contributed by atoms with Crippen LogP contribution in [0.2, 0.25) is 0 Å². The normalized spacial score (nSPS) is 14.6. The summed E-state index contributed by atoms with van der Waals surface area (Å²) < 4.78 is 25.3. The second kappa shape index (κ2) is 6.21. The number of para-hydroxylation sites is 1. The predicted octanol–water partition coefficient (Wildman–Crippen LogP) is 1.90. The van der Waals surface area contributed by atoms with Gasteiger partial charge in [-0.25, -0.2) is 13.4 Å². The van der Waals surface area contributed by atoms with Crippen LogP contribution in [0.25, 0.3) is 11.1 Å². The van der Waals surface area contributed by atoms with Gasteiger partial charge in [-0.05, 0) is 28.7 Å². The van der Waals surface area contributed by atoms with E-state index in [1.54, 1.807) is 66.7 Å². The SMILES string of the molecule is O=S1(=O)C(c2ccc(-c3cccc(B(O)O)c3)cc2)=Nc2ccccc21. The fraction of sp³-hybridized carbons (Fsp3) is 0. The van der Waals surface area contributed by atoms with Crippen molar-refractivity contribution < 1.29 is 18.5 Å². The summed E-state index contributed by atoms with van der Waals surface area (Å²) in [6.45, 7) is 0. The number of hydrogen-bond acceptors (Lipinski definition) is 5. The Morgan fingerprint density at radius 3 is 2.15 bits per heavy atom. The Bertz CT molecular complexity index is 1120. The van der Waals surface area contributed by atoms with Crippen molar-refractivity contribution in [2.75, 3.05) is 0 Å². The van der Waals surface area contributed by atoms with Gasteiger partial charge in [-0.3, -0.25) is 0 Å². The Morgan fingerprint density at radius 1 is 0.769 bits per heavy atom. The molecule has 7 heteroatoms. The molecular formula is C19H14BNO4S. The summed E-state index contributed by atoms with van der Waals surface area (Å²) in [5.74, 6) is 0. The van der Waals surface area contributed by atoms with Crippen LogP contribution in [0.4, 0.5) is 5.69 Å². The Labute approximate surface area is 151 Å². The first-order chi connectivity index (χ1) is 12.5. The maximum absolute atomic E-state index is 12.7. The molecule has 0 aliphatic carbocycles. The van der Waals surface area contributed by atoms with Crippen LogP contribution in [0.3, 0.4) is 0 Å². The van der Waals surface area contributed by atoms with E-state index in [1.807, 2.05) is 6.07 Å². The van der Waals surface area contributed by atoms with Crippen LogP contribution in [0.1, 0.15) is 5.56 Å². The zero-order chi connectivity index (χ0) is 18.3. The van der Waals surface area contributed by atoms with Gasteiger partial charge in [0.1, 0.15) is 0 Å². The molecule has 0 saturated carbocycles. The van der Waals surface area contributed by atoms with E-state index in [2.05, 4.69) is 4.99 Å². The zero-order valence-electron chi connectivity index (χ0n) is 13.6. The second-order valence-electron chi connectivity index (χ2n) is 5.96. The molecule has 0 radical (unpaired) electrons. The van der Waals surface area contributed by atoms with Crippen molar-refractivity contribution in [3.8, 4) is 11.1 Å². The van der Waals surface area contributed by atoms with Crippen LogP contribution in [0.15, 0.2) is 82.7 Å². The van der Waals surface area contributed by atoms with Gasteiger partial charge in [-0.15, -0.1) is 0 Å². The molecule has 0 unspecified atom stereocenters. The maximum atomic E-state index is 12.7. The van der Waals surface area contributed by atoms with Crippen molar-refractivity contribution in [1.82, 2.24) is 0 Å². The molecule has 0 fully saturated rings. The highest BCUT2D eigenvalue weighted by atomic mass is 32.2. The summed E-state index contributed by atoms with van der Waals surface area (Å²) in [6.07, 6.45) is 0. The average Bonchev–Trinajstić information content (AvgIpc) is 2.93.